The molecule has 1 aliphatic heterocycles. The van der Waals surface area contributed by atoms with E-state index in [9.17, 15) is 0 Å². The predicted molar refractivity (Wildman–Crippen MR) is 218 cm³/mol. The first-order valence-electron chi connectivity index (χ1n) is 17.3. The van der Waals surface area contributed by atoms with Crippen molar-refractivity contribution in [3.05, 3.63) is 52.9 Å². The fourth-order valence-electron chi connectivity index (χ4n) is 9.58. The van der Waals surface area contributed by atoms with Gasteiger partial charge in [-0.15, -0.1) is 5.73 Å². The third-order valence-corrected chi connectivity index (χ3v) is 150. The molecule has 7 heteroatoms. The van der Waals surface area contributed by atoms with Gasteiger partial charge in [0, 0.05) is 43.0 Å². The van der Waals surface area contributed by atoms with E-state index >= 15 is 0 Å². The lowest BCUT2D eigenvalue weighted by atomic mass is 10.0. The van der Waals surface area contributed by atoms with E-state index in [4.69, 9.17) is 4.74 Å². The summed E-state index contributed by atoms with van der Waals surface area (Å²) in [6, 6.07) is 11.9. The van der Waals surface area contributed by atoms with Crippen LogP contribution < -0.4 is 0 Å². The average molecular weight is 704 g/mol. The van der Waals surface area contributed by atoms with Crippen LogP contribution in [-0.2, 0) is 4.74 Å². The van der Waals surface area contributed by atoms with Crippen LogP contribution in [0.2, 0.25) is 72.5 Å². The molecule has 0 N–H and O–H groups in total. The van der Waals surface area contributed by atoms with Crippen LogP contribution >= 0.6 is 0 Å². The van der Waals surface area contributed by atoms with Crippen molar-refractivity contribution in [2.45, 2.75) is 174 Å². The van der Waals surface area contributed by atoms with E-state index in [2.05, 4.69) is 184 Å². The molecule has 0 aliphatic carbocycles. The van der Waals surface area contributed by atoms with Crippen LogP contribution in [-0.4, -0.2) is 56.8 Å². The molecule has 252 valence electrons. The van der Waals surface area contributed by atoms with Crippen LogP contribution in [0.4, 0.5) is 0 Å². The molecule has 1 aromatic carbocycles. The van der Waals surface area contributed by atoms with Gasteiger partial charge in [-0.2, -0.15) is 0 Å². The minimum absolute atomic E-state index is 0.0764. The topological polar surface area (TPSA) is 9.23 Å². The molecule has 0 aromatic heterocycles. The minimum atomic E-state index is -2.45. The third-order valence-electron chi connectivity index (χ3n) is 15.2. The predicted octanol–water partition coefficient (Wildman–Crippen LogP) is 12.3. The molecule has 0 amide bonds. The molecule has 44 heavy (non-hydrogen) atoms. The largest absolute Gasteiger partial charge is 0.376 e. The van der Waals surface area contributed by atoms with Gasteiger partial charge in [-0.05, 0) is 38.2 Å². The van der Waals surface area contributed by atoms with Crippen LogP contribution in [0.5, 0.6) is 0 Å². The van der Waals surface area contributed by atoms with Gasteiger partial charge in [-0.1, -0.05) is 171 Å². The molecule has 0 saturated carbocycles. The number of ether oxygens (including phenoxy) is 1. The number of benzene rings is 1. The molecule has 2 atom stereocenters. The Kier molecular flexibility index (Phi) is 10.8. The lowest BCUT2D eigenvalue weighted by molar-refractivity contribution is 0.126. The number of methoxy groups -OCH3 is 1. The summed E-state index contributed by atoms with van der Waals surface area (Å²) in [5, 5.41) is 1.07. The molecule has 0 radical (unpaired) electrons. The van der Waals surface area contributed by atoms with Crippen molar-refractivity contribution in [1.29, 1.82) is 0 Å². The van der Waals surface area contributed by atoms with Crippen LogP contribution in [0.1, 0.15) is 101 Å². The number of rotatable bonds is 6. The van der Waals surface area contributed by atoms with E-state index in [0.29, 0.717) is 5.54 Å². The van der Waals surface area contributed by atoms with Gasteiger partial charge in [0.2, 0.25) is 0 Å². The van der Waals surface area contributed by atoms with Crippen LogP contribution in [0, 0.1) is 0 Å². The second-order valence-corrected chi connectivity index (χ2v) is 82.0. The van der Waals surface area contributed by atoms with Gasteiger partial charge in [0.25, 0.3) is 0 Å². The van der Waals surface area contributed by atoms with E-state index in [0.717, 1.165) is 0 Å². The maximum atomic E-state index is 6.92. The van der Waals surface area contributed by atoms with Crippen molar-refractivity contribution in [2.24, 2.45) is 0 Å². The highest BCUT2D eigenvalue weighted by Crippen LogP contribution is 2.67. The minimum Gasteiger partial charge on any atom is -0.376 e. The van der Waals surface area contributed by atoms with Gasteiger partial charge >= 0.3 is 0 Å². The quantitative estimate of drug-likeness (QED) is 0.212. The van der Waals surface area contributed by atoms with Crippen molar-refractivity contribution >= 4 is 43.6 Å². The summed E-state index contributed by atoms with van der Waals surface area (Å²) in [6.45, 7) is 52.8. The van der Waals surface area contributed by atoms with Crippen molar-refractivity contribution in [1.82, 2.24) is 0 Å². The molecular weight excluding hydrogens is 629 g/mol. The number of hydrogen-bond donors (Lipinski definition) is 0. The normalized spacial score (nSPS) is 22.5. The summed E-state index contributed by atoms with van der Waals surface area (Å²) in [7, 11) is -6.29. The standard InChI is InChI=1S/C37H74OSi6/c1-30-28-29-43(39(15,16)34(2,3)4,40(17,18)35(5,6)7)44(41(19,20)36(8,9)10,42(21,22)37(11,12)13)33(32(30)38-14)31-26-24-23-25-27-31/h23-27,29,32-33H,1-22H3. The van der Waals surface area contributed by atoms with Crippen molar-refractivity contribution in [2.75, 3.05) is 7.11 Å². The molecule has 1 aliphatic rings. The Morgan fingerprint density at radius 2 is 0.932 bits per heavy atom. The molecule has 1 aromatic rings. The first-order valence-corrected chi connectivity index (χ1v) is 38.5. The SMILES string of the molecule is COC1C(C)=C=C[Si]([Si](C)(C)C(C)(C)C)([Si](C)(C)C(C)(C)C)[Si]([Si](C)(C)C(C)(C)C)([Si](C)(C)C(C)(C)C)C1c1ccccc1. The molecule has 1 nitrogen and oxygen atoms in total. The summed E-state index contributed by atoms with van der Waals surface area (Å²) in [5.74, 6) is 0. The van der Waals surface area contributed by atoms with Gasteiger partial charge in [-0.3, -0.25) is 0 Å². The second-order valence-electron chi connectivity index (χ2n) is 20.6. The first-order chi connectivity index (χ1) is 19.3. The Morgan fingerprint density at radius 1 is 0.591 bits per heavy atom. The molecular formula is C37H74OSi6. The van der Waals surface area contributed by atoms with Gasteiger partial charge in [0.15, 0.2) is 0 Å². The van der Waals surface area contributed by atoms with E-state index in [1.165, 1.54) is 5.57 Å². The Labute approximate surface area is 281 Å². The molecule has 1 heterocycles. The molecule has 0 fully saturated rings. The van der Waals surface area contributed by atoms with Crippen LogP contribution in [0.3, 0.4) is 0 Å². The summed E-state index contributed by atoms with van der Waals surface area (Å²) in [5.41, 5.74) is 10.7. The van der Waals surface area contributed by atoms with E-state index < -0.39 is 43.6 Å². The van der Waals surface area contributed by atoms with Crippen molar-refractivity contribution in [3.8, 4) is 0 Å². The fraction of sp³-hybridized carbons (Fsp3) is 0.757. The molecule has 0 spiro atoms. The maximum Gasteiger partial charge on any atom is 0.0889 e. The van der Waals surface area contributed by atoms with E-state index in [-0.39, 0.29) is 26.3 Å². The zero-order chi connectivity index (χ0) is 35.0. The first kappa shape index (κ1) is 40.2. The van der Waals surface area contributed by atoms with Gasteiger partial charge in [0.1, 0.15) is 0 Å². The highest BCUT2D eigenvalue weighted by atomic mass is 30.2. The zero-order valence-corrected chi connectivity index (χ0v) is 39.5. The lowest BCUT2D eigenvalue weighted by Crippen LogP contribution is -3.02. The monoisotopic (exact) mass is 702 g/mol. The van der Waals surface area contributed by atoms with Gasteiger partial charge in [0.05, 0.1) is 19.4 Å². The Balaban J connectivity index is 3.85. The summed E-state index contributed by atoms with van der Waals surface area (Å²) < 4.78 is 6.92. The Bertz CT molecular complexity index is 1190. The molecule has 2 rings (SSSR count). The lowest BCUT2D eigenvalue weighted by Gasteiger charge is -2.77. The van der Waals surface area contributed by atoms with Gasteiger partial charge in [-0.25, -0.2) is 0 Å². The maximum absolute atomic E-state index is 6.92. The summed E-state index contributed by atoms with van der Waals surface area (Å²) in [4.78, 5) is 0. The van der Waals surface area contributed by atoms with Crippen LogP contribution in [0.25, 0.3) is 0 Å². The molecule has 0 saturated heterocycles. The van der Waals surface area contributed by atoms with Crippen molar-refractivity contribution < 1.29 is 4.74 Å². The molecule has 2 unspecified atom stereocenters. The highest BCUT2D eigenvalue weighted by Gasteiger charge is 2.84. The van der Waals surface area contributed by atoms with E-state index in [1.807, 2.05) is 7.11 Å². The summed E-state index contributed by atoms with van der Waals surface area (Å²) >= 11 is 0. The highest BCUT2D eigenvalue weighted by molar-refractivity contribution is 8.10. The fourth-order valence-corrected chi connectivity index (χ4v) is 236. The third kappa shape index (κ3) is 5.34. The van der Waals surface area contributed by atoms with Crippen molar-refractivity contribution in [3.63, 3.8) is 0 Å². The number of hydrogen-bond acceptors (Lipinski definition) is 1. The summed E-state index contributed by atoms with van der Waals surface area (Å²) in [6.07, 6.45) is 0.0764. The smallest absolute Gasteiger partial charge is 0.0889 e. The molecule has 0 bridgehead atoms. The van der Waals surface area contributed by atoms with Crippen LogP contribution in [0.15, 0.2) is 47.3 Å². The second kappa shape index (κ2) is 11.9. The zero-order valence-electron chi connectivity index (χ0n) is 33.5. The Morgan fingerprint density at radius 3 is 1.23 bits per heavy atom. The van der Waals surface area contributed by atoms with E-state index in [1.54, 1.807) is 5.56 Å². The average Bonchev–Trinajstić information content (AvgIpc) is 2.95. The Hall–Kier alpha value is 0.00130. The van der Waals surface area contributed by atoms with Gasteiger partial charge < -0.3 is 4.74 Å².